The molecule has 4 bridgehead atoms. The van der Waals surface area contributed by atoms with Crippen LogP contribution in [0, 0.1) is 17.8 Å². The van der Waals surface area contributed by atoms with Crippen LogP contribution < -0.4 is 4.90 Å². The van der Waals surface area contributed by atoms with Gasteiger partial charge >= 0.3 is 0 Å². The average Bonchev–Trinajstić information content (AvgIpc) is 3.22. The minimum Gasteiger partial charge on any atom is -0.310 e. The molecule has 0 saturated heterocycles. The van der Waals surface area contributed by atoms with Crippen LogP contribution in [-0.4, -0.2) is 0 Å². The van der Waals surface area contributed by atoms with Gasteiger partial charge in [-0.15, -0.1) is 0 Å². The Kier molecular flexibility index (Phi) is 8.09. The van der Waals surface area contributed by atoms with Gasteiger partial charge in [0.1, 0.15) is 0 Å². The van der Waals surface area contributed by atoms with Gasteiger partial charge in [-0.1, -0.05) is 146 Å². The molecule has 4 aliphatic rings. The third kappa shape index (κ3) is 6.19. The smallest absolute Gasteiger partial charge is 0.0467 e. The lowest BCUT2D eigenvalue weighted by Crippen LogP contribution is -2.48. The van der Waals surface area contributed by atoms with Gasteiger partial charge in [0.15, 0.2) is 0 Å². The van der Waals surface area contributed by atoms with Crippen LogP contribution in [0.5, 0.6) is 0 Å². The number of rotatable bonds is 8. The van der Waals surface area contributed by atoms with E-state index in [1.54, 1.807) is 5.56 Å². The average molecular weight is 684 g/mol. The van der Waals surface area contributed by atoms with Gasteiger partial charge in [-0.05, 0) is 148 Å². The van der Waals surface area contributed by atoms with Gasteiger partial charge in [-0.25, -0.2) is 0 Å². The molecule has 0 spiro atoms. The maximum Gasteiger partial charge on any atom is 0.0467 e. The first-order valence-corrected chi connectivity index (χ1v) is 19.6. The Hall–Kier alpha value is -5.66. The second-order valence-electron chi connectivity index (χ2n) is 16.1. The minimum absolute atomic E-state index is 0.453. The van der Waals surface area contributed by atoms with E-state index in [1.807, 2.05) is 0 Å². The molecular weight excluding hydrogens is 639 g/mol. The molecular formula is C52H45N. The summed E-state index contributed by atoms with van der Waals surface area (Å²) in [5, 5.41) is 0. The van der Waals surface area contributed by atoms with E-state index >= 15 is 0 Å². The van der Waals surface area contributed by atoms with Gasteiger partial charge < -0.3 is 4.90 Å². The quantitative estimate of drug-likeness (QED) is 0.154. The molecule has 7 aromatic rings. The summed E-state index contributed by atoms with van der Waals surface area (Å²) in [6, 6.07) is 66.9. The van der Waals surface area contributed by atoms with Crippen molar-refractivity contribution in [2.24, 2.45) is 17.8 Å². The normalized spacial score (nSPS) is 21.4. The number of nitrogens with zero attached hydrogens (tertiary/aromatic N) is 1. The molecule has 0 heterocycles. The summed E-state index contributed by atoms with van der Waals surface area (Å²) in [5.41, 5.74) is 15.3. The summed E-state index contributed by atoms with van der Waals surface area (Å²) in [4.78, 5) is 2.37. The molecule has 0 atom stereocenters. The number of hydrogen-bond donors (Lipinski definition) is 0. The first-order chi connectivity index (χ1) is 26.2. The highest BCUT2D eigenvalue weighted by atomic mass is 15.1. The summed E-state index contributed by atoms with van der Waals surface area (Å²) in [6.07, 6.45) is 8.75. The molecule has 258 valence electrons. The fraction of sp³-hybridized carbons (Fsp3) is 0.192. The maximum atomic E-state index is 2.46. The molecule has 11 rings (SSSR count). The third-order valence-electron chi connectivity index (χ3n) is 12.6. The highest BCUT2D eigenvalue weighted by molar-refractivity contribution is 5.83. The lowest BCUT2D eigenvalue weighted by molar-refractivity contribution is -0.00518. The van der Waals surface area contributed by atoms with E-state index in [4.69, 9.17) is 0 Å². The van der Waals surface area contributed by atoms with E-state index in [2.05, 4.69) is 187 Å². The van der Waals surface area contributed by atoms with E-state index in [9.17, 15) is 0 Å². The van der Waals surface area contributed by atoms with Crippen LogP contribution in [0.4, 0.5) is 17.1 Å². The van der Waals surface area contributed by atoms with Crippen molar-refractivity contribution in [3.05, 3.63) is 188 Å². The molecule has 0 unspecified atom stereocenters. The Balaban J connectivity index is 0.934. The zero-order valence-corrected chi connectivity index (χ0v) is 30.2. The van der Waals surface area contributed by atoms with E-state index < -0.39 is 0 Å². The molecule has 0 amide bonds. The summed E-state index contributed by atoms with van der Waals surface area (Å²) >= 11 is 0. The minimum atomic E-state index is 0.453. The second-order valence-corrected chi connectivity index (χ2v) is 16.1. The Labute approximate surface area is 314 Å². The van der Waals surface area contributed by atoms with Crippen molar-refractivity contribution in [1.82, 2.24) is 0 Å². The topological polar surface area (TPSA) is 3.24 Å². The molecule has 0 radical (unpaired) electrons. The predicted molar refractivity (Wildman–Crippen MR) is 223 cm³/mol. The van der Waals surface area contributed by atoms with Crippen molar-refractivity contribution in [3.63, 3.8) is 0 Å². The first kappa shape index (κ1) is 32.0. The summed E-state index contributed by atoms with van der Waals surface area (Å²) in [7, 11) is 0. The SMILES string of the molecule is c1ccc(-c2cccc(N(c3ccc(-c4ccc(-c5ccc(C67CC8CC(CC(C8)C6)C7)cc5)cc4)cc3)c3cccc(-c4ccccc4)c3)c2)cc1. The van der Waals surface area contributed by atoms with Crippen molar-refractivity contribution in [3.8, 4) is 44.5 Å². The molecule has 53 heavy (non-hydrogen) atoms. The zero-order chi connectivity index (χ0) is 35.2. The fourth-order valence-electron chi connectivity index (χ4n) is 10.5. The molecule has 4 aliphatic carbocycles. The molecule has 0 N–H and O–H groups in total. The fourth-order valence-corrected chi connectivity index (χ4v) is 10.5. The van der Waals surface area contributed by atoms with Gasteiger partial charge in [0.25, 0.3) is 0 Å². The summed E-state index contributed by atoms with van der Waals surface area (Å²) in [6.45, 7) is 0. The molecule has 0 aromatic heterocycles. The van der Waals surface area contributed by atoms with Gasteiger partial charge in [-0.2, -0.15) is 0 Å². The zero-order valence-electron chi connectivity index (χ0n) is 30.2. The van der Waals surface area contributed by atoms with Crippen LogP contribution in [0.3, 0.4) is 0 Å². The number of hydrogen-bond acceptors (Lipinski definition) is 1. The first-order valence-electron chi connectivity index (χ1n) is 19.6. The Morgan fingerprint density at radius 3 is 1.11 bits per heavy atom. The molecule has 4 fully saturated rings. The van der Waals surface area contributed by atoms with E-state index in [-0.39, 0.29) is 0 Å². The summed E-state index contributed by atoms with van der Waals surface area (Å²) < 4.78 is 0. The molecule has 7 aromatic carbocycles. The second kappa shape index (κ2) is 13.4. The standard InChI is InChI=1S/C52H45N/c1-3-9-40(10-4-1)46-13-7-15-50(32-46)53(51-16-8-14-47(33-51)41-11-5-2-6-12-41)49-27-23-45(24-28-49)43-19-17-42(18-20-43)44-21-25-48(26-22-44)52-34-37-29-38(35-52)31-39(30-37)36-52/h1-28,32-33,37-39H,29-31,34-36H2. The van der Waals surface area contributed by atoms with Gasteiger partial charge in [0.2, 0.25) is 0 Å². The highest BCUT2D eigenvalue weighted by Crippen LogP contribution is 2.60. The van der Waals surface area contributed by atoms with E-state index in [0.717, 1.165) is 34.8 Å². The summed E-state index contributed by atoms with van der Waals surface area (Å²) in [5.74, 6) is 2.92. The lowest BCUT2D eigenvalue weighted by Gasteiger charge is -2.57. The van der Waals surface area contributed by atoms with Gasteiger partial charge in [0.05, 0.1) is 0 Å². The van der Waals surface area contributed by atoms with E-state index in [0.29, 0.717) is 5.41 Å². The van der Waals surface area contributed by atoms with Crippen molar-refractivity contribution in [2.45, 2.75) is 43.9 Å². The lowest BCUT2D eigenvalue weighted by atomic mass is 9.48. The number of benzene rings is 7. The third-order valence-corrected chi connectivity index (χ3v) is 12.6. The molecule has 1 heteroatoms. The van der Waals surface area contributed by atoms with Crippen molar-refractivity contribution in [2.75, 3.05) is 4.90 Å². The Morgan fingerprint density at radius 1 is 0.321 bits per heavy atom. The van der Waals surface area contributed by atoms with Crippen LogP contribution in [0.25, 0.3) is 44.5 Å². The molecule has 4 saturated carbocycles. The van der Waals surface area contributed by atoms with Crippen molar-refractivity contribution >= 4 is 17.1 Å². The van der Waals surface area contributed by atoms with Crippen LogP contribution in [0.2, 0.25) is 0 Å². The van der Waals surface area contributed by atoms with Crippen molar-refractivity contribution in [1.29, 1.82) is 0 Å². The van der Waals surface area contributed by atoms with Crippen LogP contribution in [-0.2, 0) is 5.41 Å². The van der Waals surface area contributed by atoms with Gasteiger partial charge in [0, 0.05) is 17.1 Å². The molecule has 1 nitrogen and oxygen atoms in total. The predicted octanol–water partition coefficient (Wildman–Crippen LogP) is 14.3. The maximum absolute atomic E-state index is 2.46. The van der Waals surface area contributed by atoms with Crippen LogP contribution in [0.1, 0.15) is 44.1 Å². The van der Waals surface area contributed by atoms with E-state index in [1.165, 1.54) is 83.0 Å². The Bertz CT molecular complexity index is 2220. The van der Waals surface area contributed by atoms with Crippen LogP contribution >= 0.6 is 0 Å². The highest BCUT2D eigenvalue weighted by Gasteiger charge is 2.51. The number of anilines is 3. The van der Waals surface area contributed by atoms with Crippen molar-refractivity contribution < 1.29 is 0 Å². The monoisotopic (exact) mass is 683 g/mol. The molecule has 0 aliphatic heterocycles. The van der Waals surface area contributed by atoms with Crippen LogP contribution in [0.15, 0.2) is 182 Å². The Morgan fingerprint density at radius 2 is 0.679 bits per heavy atom. The largest absolute Gasteiger partial charge is 0.310 e. The van der Waals surface area contributed by atoms with Gasteiger partial charge in [-0.3, -0.25) is 0 Å².